The monoisotopic (exact) mass is 124 g/mol. The summed E-state index contributed by atoms with van der Waals surface area (Å²) >= 11 is 3.53. The summed E-state index contributed by atoms with van der Waals surface area (Å²) in [6.07, 6.45) is 0. The molecular formula is C3H7NO2S. The third kappa shape index (κ3) is 2.47. The molecule has 0 aromatic rings. The van der Waals surface area contributed by atoms with Gasteiger partial charge in [-0.1, -0.05) is 0 Å². The highest BCUT2D eigenvalue weighted by Crippen LogP contribution is 1.80. The van der Waals surface area contributed by atoms with Gasteiger partial charge in [-0.2, -0.15) is 12.6 Å². The molecule has 0 aliphatic carbocycles. The highest BCUT2D eigenvalue weighted by molar-refractivity contribution is 7.80. The molecule has 1 atom stereocenters. The molecule has 0 aliphatic heterocycles. The first-order valence-electron chi connectivity index (χ1n) is 2.97. The molecule has 3 nitrogen and oxygen atoms in total. The van der Waals surface area contributed by atoms with Crippen molar-refractivity contribution in [2.75, 3.05) is 5.75 Å². The molecule has 0 aromatic heterocycles. The van der Waals surface area contributed by atoms with Gasteiger partial charge in [0.05, 0.1) is 1.37 Å². The Morgan fingerprint density at radius 1 is 2.43 bits per heavy atom. The number of aliphatic carboxylic acids is 1. The molecule has 0 unspecified atom stereocenters. The maximum atomic E-state index is 10.2. The van der Waals surface area contributed by atoms with Gasteiger partial charge in [-0.05, 0) is 0 Å². The van der Waals surface area contributed by atoms with Gasteiger partial charge >= 0.3 is 5.97 Å². The number of thiol groups is 1. The molecule has 0 amide bonds. The fourth-order valence-electron chi connectivity index (χ4n) is 0.0676. The molecule has 0 saturated carbocycles. The molecule has 0 heterocycles. The highest BCUT2D eigenvalue weighted by Gasteiger charge is 2.06. The molecule has 7 heavy (non-hydrogen) atoms. The minimum absolute atomic E-state index is 0.192. The second kappa shape index (κ2) is 2.87. The van der Waals surface area contributed by atoms with Gasteiger partial charge in [0.15, 0.2) is 0 Å². The Bertz CT molecular complexity index is 144. The third-order valence-corrected chi connectivity index (χ3v) is 0.696. The summed E-state index contributed by atoms with van der Waals surface area (Å²) in [7, 11) is 0. The van der Waals surface area contributed by atoms with Crippen molar-refractivity contribution in [3.8, 4) is 0 Å². The van der Waals surface area contributed by atoms with E-state index in [9.17, 15) is 4.79 Å². The molecule has 0 spiro atoms. The third-order valence-electron chi connectivity index (χ3n) is 0.397. The molecule has 0 radical (unpaired) electrons. The smallest absolute Gasteiger partial charge is 0.321 e. The van der Waals surface area contributed by atoms with E-state index < -0.39 is 17.7 Å². The quantitative estimate of drug-likeness (QED) is 0.437. The van der Waals surface area contributed by atoms with Gasteiger partial charge in [-0.25, -0.2) is 0 Å². The fraction of sp³-hybridized carbons (Fsp3) is 0.667. The van der Waals surface area contributed by atoms with Crippen LogP contribution in [-0.4, -0.2) is 22.8 Å². The maximum absolute atomic E-state index is 10.2. The Morgan fingerprint density at radius 2 is 3.00 bits per heavy atom. The van der Waals surface area contributed by atoms with Crippen molar-refractivity contribution in [1.29, 1.82) is 0 Å². The molecule has 0 bridgehead atoms. The van der Waals surface area contributed by atoms with Crippen molar-refractivity contribution in [1.82, 2.24) is 0 Å². The second-order valence-electron chi connectivity index (χ2n) is 0.910. The van der Waals surface area contributed by atoms with Crippen molar-refractivity contribution < 1.29 is 14.1 Å². The van der Waals surface area contributed by atoms with Gasteiger partial charge in [-0.15, -0.1) is 0 Å². The van der Waals surface area contributed by atoms with E-state index in [1.165, 1.54) is 0 Å². The topological polar surface area (TPSA) is 63.3 Å². The number of carboxylic acid groups (broad SMARTS) is 1. The van der Waals surface area contributed by atoms with E-state index in [2.05, 4.69) is 12.6 Å². The van der Waals surface area contributed by atoms with E-state index in [-0.39, 0.29) is 5.72 Å². The minimum atomic E-state index is -2.26. The van der Waals surface area contributed by atoms with E-state index in [1.54, 1.807) is 0 Å². The lowest BCUT2D eigenvalue weighted by molar-refractivity contribution is -0.137. The van der Waals surface area contributed by atoms with Gasteiger partial charge in [0.25, 0.3) is 0 Å². The number of hydrogen-bond acceptors (Lipinski definition) is 3. The Kier molecular flexibility index (Phi) is 1.21. The summed E-state index contributed by atoms with van der Waals surface area (Å²) in [5.74, 6) is -1.94. The zero-order chi connectivity index (χ0) is 8.36. The average Bonchev–Trinajstić information content (AvgIpc) is 1.85. The summed E-state index contributed by atoms with van der Waals surface area (Å²) < 4.78 is 20.0. The predicted octanol–water partition coefficient (Wildman–Crippen LogP) is -0.672. The van der Waals surface area contributed by atoms with Crippen LogP contribution >= 0.6 is 12.6 Å². The standard InChI is InChI=1S/C3H7NO2S/c4-2(1-7)3(5)6/h2,7H,1,4H2,(H,5,6)/t2-/m0/s1/i2D/hD2. The Morgan fingerprint density at radius 3 is 3.00 bits per heavy atom. The van der Waals surface area contributed by atoms with Crippen LogP contribution in [0.5, 0.6) is 0 Å². The van der Waals surface area contributed by atoms with Crippen LogP contribution in [0.25, 0.3) is 0 Å². The molecule has 0 rings (SSSR count). The first-order chi connectivity index (χ1) is 4.45. The number of hydrogen-bond donors (Lipinski definition) is 3. The number of carbonyl (C=O) groups is 1. The summed E-state index contributed by atoms with van der Waals surface area (Å²) in [6.45, 7) is 0. The van der Waals surface area contributed by atoms with Crippen molar-refractivity contribution in [3.05, 3.63) is 0 Å². The van der Waals surface area contributed by atoms with E-state index in [0.29, 0.717) is 0 Å². The molecule has 0 saturated heterocycles. The first kappa shape index (κ1) is 2.94. The molecule has 4 heteroatoms. The predicted molar refractivity (Wildman–Crippen MR) is 29.5 cm³/mol. The van der Waals surface area contributed by atoms with E-state index >= 15 is 0 Å². The van der Waals surface area contributed by atoms with Crippen LogP contribution in [0.3, 0.4) is 0 Å². The van der Waals surface area contributed by atoms with Crippen LogP contribution in [0.4, 0.5) is 0 Å². The molecular weight excluding hydrogens is 114 g/mol. The largest absolute Gasteiger partial charge is 0.480 e. The second-order valence-corrected chi connectivity index (χ2v) is 1.23. The average molecular weight is 124 g/mol. The molecule has 0 aliphatic rings. The Hall–Kier alpha value is -0.220. The summed E-state index contributed by atoms with van der Waals surface area (Å²) in [5, 5.41) is 8.28. The lowest BCUT2D eigenvalue weighted by Crippen LogP contribution is -2.31. The van der Waals surface area contributed by atoms with Crippen molar-refractivity contribution in [2.45, 2.75) is 6.02 Å². The van der Waals surface area contributed by atoms with Gasteiger partial charge < -0.3 is 10.8 Å². The zero-order valence-electron chi connectivity index (χ0n) is 6.46. The van der Waals surface area contributed by atoms with Crippen LogP contribution < -0.4 is 5.72 Å². The van der Waals surface area contributed by atoms with Crippen molar-refractivity contribution in [3.63, 3.8) is 0 Å². The van der Waals surface area contributed by atoms with Gasteiger partial charge in [0.1, 0.15) is 8.84 Å². The van der Waals surface area contributed by atoms with Crippen LogP contribution in [-0.2, 0) is 4.79 Å². The number of rotatable bonds is 3. The summed E-state index contributed by atoms with van der Waals surface area (Å²) in [5.41, 5.74) is -0.192. The van der Waals surface area contributed by atoms with Crippen molar-refractivity contribution >= 4 is 18.6 Å². The van der Waals surface area contributed by atoms with E-state index in [4.69, 9.17) is 9.30 Å². The number of nitrogens with two attached hydrogens (primary N) is 1. The lowest BCUT2D eigenvalue weighted by atomic mass is 10.4. The van der Waals surface area contributed by atoms with Gasteiger partial charge in [0.2, 0.25) is 0 Å². The van der Waals surface area contributed by atoms with E-state index in [1.807, 2.05) is 0 Å². The summed E-state index contributed by atoms with van der Waals surface area (Å²) in [6, 6.07) is -2.26. The highest BCUT2D eigenvalue weighted by atomic mass is 32.1. The molecule has 0 fully saturated rings. The van der Waals surface area contributed by atoms with Crippen molar-refractivity contribution in [2.24, 2.45) is 5.72 Å². The fourth-order valence-corrected chi connectivity index (χ4v) is 0.203. The zero-order valence-corrected chi connectivity index (χ0v) is 4.35. The van der Waals surface area contributed by atoms with Crippen LogP contribution in [0.15, 0.2) is 0 Å². The van der Waals surface area contributed by atoms with Gasteiger partial charge in [-0.3, -0.25) is 4.79 Å². The Labute approximate surface area is 51.3 Å². The maximum Gasteiger partial charge on any atom is 0.321 e. The van der Waals surface area contributed by atoms with Crippen LogP contribution in [0.1, 0.15) is 1.37 Å². The SMILES string of the molecule is [2H]N([2H])[C@@]([2H])(CS)C(=O)O. The molecule has 3 N–H and O–H groups in total. The van der Waals surface area contributed by atoms with Crippen LogP contribution in [0.2, 0.25) is 2.82 Å². The normalized spacial score (nSPS) is 24.6. The lowest BCUT2D eigenvalue weighted by Gasteiger charge is -1.96. The van der Waals surface area contributed by atoms with Gasteiger partial charge in [0, 0.05) is 5.75 Å². The minimum Gasteiger partial charge on any atom is -0.480 e. The first-order valence-corrected chi connectivity index (χ1v) is 2.20. The molecule has 42 valence electrons. The summed E-state index contributed by atoms with van der Waals surface area (Å²) in [4.78, 5) is 10.2. The Balaban J connectivity index is 4.38. The van der Waals surface area contributed by atoms with E-state index in [0.717, 1.165) is 0 Å². The van der Waals surface area contributed by atoms with Crippen LogP contribution in [0, 0.1) is 0 Å². The number of carboxylic acids is 1. The molecule has 0 aromatic carbocycles.